The van der Waals surface area contributed by atoms with E-state index in [0.29, 0.717) is 30.1 Å². The first kappa shape index (κ1) is 22.5. The molecule has 0 spiro atoms. The van der Waals surface area contributed by atoms with E-state index in [9.17, 15) is 14.4 Å². The molecular weight excluding hydrogens is 394 g/mol. The van der Waals surface area contributed by atoms with Crippen LogP contribution in [0, 0.1) is 17.8 Å². The first-order valence-corrected chi connectivity index (χ1v) is 10.6. The number of ether oxygens (including phenoxy) is 3. The molecule has 6 atom stereocenters. The van der Waals surface area contributed by atoms with Gasteiger partial charge in [0.15, 0.2) is 18.3 Å². The van der Waals surface area contributed by atoms with Gasteiger partial charge in [0.1, 0.15) is 6.61 Å². The number of carbonyl (C=O) groups excluding carboxylic acids is 3. The molecule has 0 bridgehead atoms. The SMILES string of the molecule is CC(=O)OCC1OOC(CC2C3CCCCC32)=N[C@H](C)C(OC(C)=O)[C@H]1OC(C)=O. The van der Waals surface area contributed by atoms with Crippen LogP contribution in [-0.2, 0) is 38.4 Å². The predicted molar refractivity (Wildman–Crippen MR) is 104 cm³/mol. The van der Waals surface area contributed by atoms with E-state index in [-0.39, 0.29) is 6.61 Å². The maximum atomic E-state index is 11.7. The minimum atomic E-state index is -1.05. The summed E-state index contributed by atoms with van der Waals surface area (Å²) in [5.74, 6) is 0.712. The third kappa shape index (κ3) is 5.71. The highest BCUT2D eigenvalue weighted by Gasteiger charge is 2.51. The van der Waals surface area contributed by atoms with Crippen molar-refractivity contribution in [2.75, 3.05) is 6.61 Å². The van der Waals surface area contributed by atoms with Crippen LogP contribution in [0.25, 0.3) is 0 Å². The Morgan fingerprint density at radius 3 is 2.13 bits per heavy atom. The van der Waals surface area contributed by atoms with Gasteiger partial charge in [-0.2, -0.15) is 4.89 Å². The van der Waals surface area contributed by atoms with Crippen molar-refractivity contribution in [1.82, 2.24) is 0 Å². The van der Waals surface area contributed by atoms with E-state index in [0.717, 1.165) is 0 Å². The molecule has 1 heterocycles. The lowest BCUT2D eigenvalue weighted by molar-refractivity contribution is -0.301. The summed E-state index contributed by atoms with van der Waals surface area (Å²) in [6.07, 6.45) is 2.71. The molecule has 0 amide bonds. The highest BCUT2D eigenvalue weighted by Crippen LogP contribution is 2.57. The Hall–Kier alpha value is -2.16. The van der Waals surface area contributed by atoms with Crippen LogP contribution in [0.4, 0.5) is 0 Å². The molecule has 0 saturated heterocycles. The molecule has 9 heteroatoms. The summed E-state index contributed by atoms with van der Waals surface area (Å²) in [5.41, 5.74) is 0. The molecular formula is C21H31NO8. The van der Waals surface area contributed by atoms with E-state index >= 15 is 0 Å². The van der Waals surface area contributed by atoms with Gasteiger partial charge in [0, 0.05) is 27.2 Å². The van der Waals surface area contributed by atoms with Crippen molar-refractivity contribution in [3.8, 4) is 0 Å². The Kier molecular flexibility index (Phi) is 7.33. The fourth-order valence-corrected chi connectivity index (χ4v) is 4.73. The molecule has 3 aliphatic rings. The smallest absolute Gasteiger partial charge is 0.303 e. The van der Waals surface area contributed by atoms with Gasteiger partial charge in [-0.05, 0) is 37.5 Å². The number of hydrogen-bond donors (Lipinski definition) is 0. The average Bonchev–Trinajstić information content (AvgIpc) is 3.36. The van der Waals surface area contributed by atoms with Gasteiger partial charge in [-0.1, -0.05) is 12.8 Å². The summed E-state index contributed by atoms with van der Waals surface area (Å²) in [6, 6.07) is -0.544. The summed E-state index contributed by atoms with van der Waals surface area (Å²) in [6.45, 7) is 5.32. The summed E-state index contributed by atoms with van der Waals surface area (Å²) in [5, 5.41) is 0. The topological polar surface area (TPSA) is 110 Å². The first-order valence-electron chi connectivity index (χ1n) is 10.6. The molecule has 168 valence electrons. The van der Waals surface area contributed by atoms with Crippen LogP contribution in [0.2, 0.25) is 0 Å². The molecule has 30 heavy (non-hydrogen) atoms. The number of aliphatic imine (C=N–C) groups is 1. The summed E-state index contributed by atoms with van der Waals surface area (Å²) in [7, 11) is 0. The molecule has 1 aliphatic heterocycles. The van der Waals surface area contributed by atoms with Gasteiger partial charge < -0.3 is 19.1 Å². The van der Waals surface area contributed by atoms with Gasteiger partial charge in [0.25, 0.3) is 0 Å². The van der Waals surface area contributed by atoms with Crippen LogP contribution in [-0.4, -0.2) is 54.8 Å². The lowest BCUT2D eigenvalue weighted by atomic mass is 10.0. The maximum Gasteiger partial charge on any atom is 0.303 e. The van der Waals surface area contributed by atoms with Gasteiger partial charge in [0.2, 0.25) is 5.90 Å². The molecule has 2 fully saturated rings. The number of rotatable bonds is 6. The van der Waals surface area contributed by atoms with Crippen LogP contribution >= 0.6 is 0 Å². The molecule has 2 saturated carbocycles. The largest absolute Gasteiger partial charge is 0.463 e. The molecule has 3 rings (SSSR count). The highest BCUT2D eigenvalue weighted by molar-refractivity contribution is 5.77. The minimum Gasteiger partial charge on any atom is -0.463 e. The number of fused-ring (bicyclic) bond motifs is 1. The number of nitrogens with zero attached hydrogens (tertiary/aromatic N) is 1. The molecule has 9 nitrogen and oxygen atoms in total. The molecule has 0 aromatic carbocycles. The van der Waals surface area contributed by atoms with Crippen LogP contribution in [0.15, 0.2) is 4.99 Å². The normalized spacial score (nSPS) is 35.5. The van der Waals surface area contributed by atoms with Crippen molar-refractivity contribution < 1.29 is 38.4 Å². The van der Waals surface area contributed by atoms with E-state index in [1.807, 2.05) is 0 Å². The maximum absolute atomic E-state index is 11.7. The van der Waals surface area contributed by atoms with E-state index in [1.165, 1.54) is 46.5 Å². The Morgan fingerprint density at radius 1 is 0.967 bits per heavy atom. The summed E-state index contributed by atoms with van der Waals surface area (Å²) in [4.78, 5) is 50.4. The van der Waals surface area contributed by atoms with Crippen molar-refractivity contribution in [3.05, 3.63) is 0 Å². The lowest BCUT2D eigenvalue weighted by Gasteiger charge is -2.34. The van der Waals surface area contributed by atoms with Crippen molar-refractivity contribution >= 4 is 23.8 Å². The standard InChI is InChI=1S/C21H31NO8/c1-11-20(27-13(3)24)21(28-14(4)25)18(10-26-12(2)23)29-30-19(22-11)9-17-15-7-5-6-8-16(15)17/h11,15-18,20-21H,5-10H2,1-4H3/t11-,15?,16?,17?,18?,20?,21+/m1/s1. The predicted octanol–water partition coefficient (Wildman–Crippen LogP) is 2.36. The Labute approximate surface area is 176 Å². The van der Waals surface area contributed by atoms with Crippen LogP contribution < -0.4 is 0 Å². The lowest BCUT2D eigenvalue weighted by Crippen LogP contribution is -2.52. The molecule has 4 unspecified atom stereocenters. The van der Waals surface area contributed by atoms with Gasteiger partial charge >= 0.3 is 17.9 Å². The van der Waals surface area contributed by atoms with Gasteiger partial charge in [-0.15, -0.1) is 0 Å². The second kappa shape index (κ2) is 9.76. The highest BCUT2D eigenvalue weighted by atomic mass is 17.2. The number of hydrogen-bond acceptors (Lipinski definition) is 9. The van der Waals surface area contributed by atoms with Crippen molar-refractivity contribution in [2.45, 2.75) is 84.2 Å². The molecule has 0 aromatic heterocycles. The van der Waals surface area contributed by atoms with E-state index in [1.54, 1.807) is 6.92 Å². The van der Waals surface area contributed by atoms with Gasteiger partial charge in [0.05, 0.1) is 6.04 Å². The third-order valence-electron chi connectivity index (χ3n) is 6.08. The zero-order chi connectivity index (χ0) is 21.8. The van der Waals surface area contributed by atoms with Gasteiger partial charge in [-0.25, -0.2) is 4.99 Å². The van der Waals surface area contributed by atoms with Crippen molar-refractivity contribution in [3.63, 3.8) is 0 Å². The fourth-order valence-electron chi connectivity index (χ4n) is 4.73. The molecule has 0 aromatic rings. The summed E-state index contributed by atoms with van der Waals surface area (Å²) < 4.78 is 15.9. The Bertz CT molecular complexity index is 680. The first-order chi connectivity index (χ1) is 14.3. The number of carbonyl (C=O) groups is 3. The van der Waals surface area contributed by atoms with E-state index in [2.05, 4.69) is 4.99 Å². The fraction of sp³-hybridized carbons (Fsp3) is 0.810. The van der Waals surface area contributed by atoms with Crippen molar-refractivity contribution in [1.29, 1.82) is 0 Å². The van der Waals surface area contributed by atoms with E-state index in [4.69, 9.17) is 24.0 Å². The quantitative estimate of drug-likeness (QED) is 0.362. The molecule has 2 aliphatic carbocycles. The zero-order valence-electron chi connectivity index (χ0n) is 18.0. The van der Waals surface area contributed by atoms with Gasteiger partial charge in [-0.3, -0.25) is 14.4 Å². The second-order valence-electron chi connectivity index (χ2n) is 8.41. The Balaban J connectivity index is 1.80. The van der Waals surface area contributed by atoms with Crippen LogP contribution in [0.5, 0.6) is 0 Å². The number of esters is 3. The van der Waals surface area contributed by atoms with E-state index < -0.39 is 42.3 Å². The summed E-state index contributed by atoms with van der Waals surface area (Å²) >= 11 is 0. The molecule has 0 radical (unpaired) electrons. The monoisotopic (exact) mass is 425 g/mol. The zero-order valence-corrected chi connectivity index (χ0v) is 18.0. The average molecular weight is 425 g/mol. The Morgan fingerprint density at radius 2 is 1.57 bits per heavy atom. The minimum absolute atomic E-state index is 0.222. The van der Waals surface area contributed by atoms with Crippen LogP contribution in [0.3, 0.4) is 0 Å². The van der Waals surface area contributed by atoms with Crippen LogP contribution in [0.1, 0.15) is 59.8 Å². The third-order valence-corrected chi connectivity index (χ3v) is 6.08. The second-order valence-corrected chi connectivity index (χ2v) is 8.41. The molecule has 0 N–H and O–H groups in total. The van der Waals surface area contributed by atoms with Crippen molar-refractivity contribution in [2.24, 2.45) is 22.7 Å².